The van der Waals surface area contributed by atoms with Gasteiger partial charge >= 0.3 is 0 Å². The fourth-order valence-electron chi connectivity index (χ4n) is 1.74. The Balaban J connectivity index is 2.00. The lowest BCUT2D eigenvalue weighted by atomic mass is 10.4. The van der Waals surface area contributed by atoms with Crippen molar-refractivity contribution in [3.63, 3.8) is 0 Å². The summed E-state index contributed by atoms with van der Waals surface area (Å²) in [6.45, 7) is 2.80. The average Bonchev–Trinajstić information content (AvgIpc) is 2.90. The van der Waals surface area contributed by atoms with Gasteiger partial charge in [0.25, 0.3) is 0 Å². The number of halogens is 1. The molecule has 2 heterocycles. The quantitative estimate of drug-likeness (QED) is 0.703. The first kappa shape index (κ1) is 13.4. The highest BCUT2D eigenvalue weighted by atomic mass is 79.9. The van der Waals surface area contributed by atoms with Gasteiger partial charge in [0.05, 0.1) is 11.6 Å². The topological polar surface area (TPSA) is 66.5 Å². The lowest BCUT2D eigenvalue weighted by Gasteiger charge is -2.06. The molecule has 102 valence electrons. The van der Waals surface area contributed by atoms with Crippen LogP contribution in [0.3, 0.4) is 0 Å². The van der Waals surface area contributed by atoms with Crippen molar-refractivity contribution in [2.24, 2.45) is 0 Å². The van der Waals surface area contributed by atoms with Crippen molar-refractivity contribution in [2.75, 3.05) is 11.9 Å². The summed E-state index contributed by atoms with van der Waals surface area (Å²) < 4.78 is 1.06. The molecule has 2 N–H and O–H groups in total. The summed E-state index contributed by atoms with van der Waals surface area (Å²) in [5.74, 6) is 0.615. The van der Waals surface area contributed by atoms with E-state index in [1.165, 1.54) is 0 Å². The van der Waals surface area contributed by atoms with Crippen molar-refractivity contribution in [1.29, 1.82) is 0 Å². The Morgan fingerprint density at radius 2 is 2.05 bits per heavy atom. The molecule has 0 aliphatic carbocycles. The highest BCUT2D eigenvalue weighted by Gasteiger charge is 2.10. The highest BCUT2D eigenvalue weighted by molar-refractivity contribution is 9.10. The molecule has 7 heteroatoms. The van der Waals surface area contributed by atoms with E-state index in [-0.39, 0.29) is 0 Å². The molecule has 0 spiro atoms. The number of H-pyrrole nitrogens is 1. The van der Waals surface area contributed by atoms with Crippen LogP contribution in [-0.4, -0.2) is 26.7 Å². The first-order valence-corrected chi connectivity index (χ1v) is 7.75. The maximum absolute atomic E-state index is 4.55. The molecule has 3 rings (SSSR count). The zero-order valence-corrected chi connectivity index (χ0v) is 13.1. The van der Waals surface area contributed by atoms with E-state index in [0.717, 1.165) is 32.0 Å². The van der Waals surface area contributed by atoms with Crippen LogP contribution >= 0.6 is 27.7 Å². The summed E-state index contributed by atoms with van der Waals surface area (Å²) in [5.41, 5.74) is 0.746. The molecule has 0 saturated heterocycles. The third-order valence-corrected chi connectivity index (χ3v) is 4.18. The molecule has 0 saturated carbocycles. The third kappa shape index (κ3) is 2.78. The Labute approximate surface area is 128 Å². The Kier molecular flexibility index (Phi) is 3.88. The molecule has 0 aliphatic heterocycles. The van der Waals surface area contributed by atoms with Gasteiger partial charge in [-0.15, -0.1) is 0 Å². The Hall–Kier alpha value is -1.60. The Morgan fingerprint density at radius 3 is 2.80 bits per heavy atom. The van der Waals surface area contributed by atoms with E-state index in [2.05, 4.69) is 53.5 Å². The molecule has 3 aromatic rings. The summed E-state index contributed by atoms with van der Waals surface area (Å²) in [7, 11) is 0. The SMILES string of the molecule is CCNc1nc(Sc2ccc(Br)cc2)c2cn[nH]c2n1. The van der Waals surface area contributed by atoms with Gasteiger partial charge in [-0.3, -0.25) is 5.10 Å². The summed E-state index contributed by atoms with van der Waals surface area (Å²) in [6.07, 6.45) is 1.76. The van der Waals surface area contributed by atoms with Crippen LogP contribution in [0.5, 0.6) is 0 Å². The molecule has 0 aliphatic rings. The summed E-state index contributed by atoms with van der Waals surface area (Å²) in [5, 5.41) is 11.9. The number of hydrogen-bond acceptors (Lipinski definition) is 5. The van der Waals surface area contributed by atoms with Gasteiger partial charge in [-0.05, 0) is 31.2 Å². The monoisotopic (exact) mass is 349 g/mol. The van der Waals surface area contributed by atoms with E-state index >= 15 is 0 Å². The van der Waals surface area contributed by atoms with Crippen LogP contribution < -0.4 is 5.32 Å². The van der Waals surface area contributed by atoms with E-state index in [0.29, 0.717) is 5.95 Å². The fourth-order valence-corrected chi connectivity index (χ4v) is 2.89. The van der Waals surface area contributed by atoms with Crippen LogP contribution in [0.4, 0.5) is 5.95 Å². The van der Waals surface area contributed by atoms with E-state index in [9.17, 15) is 0 Å². The van der Waals surface area contributed by atoms with Crippen molar-refractivity contribution in [2.45, 2.75) is 16.8 Å². The first-order valence-electron chi connectivity index (χ1n) is 6.14. The number of benzene rings is 1. The second-order valence-electron chi connectivity index (χ2n) is 4.07. The maximum atomic E-state index is 4.55. The van der Waals surface area contributed by atoms with Crippen LogP contribution in [0.1, 0.15) is 6.92 Å². The molecule has 0 bridgehead atoms. The van der Waals surface area contributed by atoms with E-state index < -0.39 is 0 Å². The number of hydrogen-bond donors (Lipinski definition) is 2. The number of aromatic amines is 1. The van der Waals surface area contributed by atoms with E-state index in [1.54, 1.807) is 18.0 Å². The molecule has 0 unspecified atom stereocenters. The lowest BCUT2D eigenvalue weighted by molar-refractivity contribution is 1.04. The molecule has 1 aromatic carbocycles. The van der Waals surface area contributed by atoms with Crippen LogP contribution in [0.25, 0.3) is 11.0 Å². The van der Waals surface area contributed by atoms with Gasteiger partial charge in [-0.25, -0.2) is 4.98 Å². The van der Waals surface area contributed by atoms with Crippen LogP contribution in [-0.2, 0) is 0 Å². The van der Waals surface area contributed by atoms with Gasteiger partial charge in [0.15, 0.2) is 5.65 Å². The number of nitrogens with one attached hydrogen (secondary N) is 2. The van der Waals surface area contributed by atoms with Crippen molar-refractivity contribution in [1.82, 2.24) is 20.2 Å². The second-order valence-corrected chi connectivity index (χ2v) is 6.05. The van der Waals surface area contributed by atoms with Gasteiger partial charge in [0.2, 0.25) is 5.95 Å². The van der Waals surface area contributed by atoms with E-state index in [4.69, 9.17) is 0 Å². The molecule has 20 heavy (non-hydrogen) atoms. The fraction of sp³-hybridized carbons (Fsp3) is 0.154. The maximum Gasteiger partial charge on any atom is 0.225 e. The standard InChI is InChI=1S/C13H12BrN5S/c1-2-15-13-17-11-10(7-16-19-11)12(18-13)20-9-5-3-8(14)4-6-9/h3-7H,2H2,1H3,(H2,15,16,17,18,19). The molecule has 0 amide bonds. The predicted octanol–water partition coefficient (Wildman–Crippen LogP) is 3.70. The molecule has 0 radical (unpaired) electrons. The normalized spacial score (nSPS) is 10.9. The zero-order valence-electron chi connectivity index (χ0n) is 10.7. The molecule has 5 nitrogen and oxygen atoms in total. The largest absolute Gasteiger partial charge is 0.354 e. The van der Waals surface area contributed by atoms with Crippen molar-refractivity contribution in [3.05, 3.63) is 34.9 Å². The van der Waals surface area contributed by atoms with Crippen LogP contribution in [0.2, 0.25) is 0 Å². The minimum atomic E-state index is 0.615. The summed E-state index contributed by atoms with van der Waals surface area (Å²) >= 11 is 5.04. The minimum Gasteiger partial charge on any atom is -0.354 e. The Morgan fingerprint density at radius 1 is 1.25 bits per heavy atom. The smallest absolute Gasteiger partial charge is 0.225 e. The second kappa shape index (κ2) is 5.80. The molecule has 0 fully saturated rings. The molecular weight excluding hydrogens is 338 g/mol. The number of nitrogens with zero attached hydrogens (tertiary/aromatic N) is 3. The number of aromatic nitrogens is 4. The summed E-state index contributed by atoms with van der Waals surface area (Å²) in [6, 6.07) is 8.13. The van der Waals surface area contributed by atoms with Gasteiger partial charge in [0, 0.05) is 15.9 Å². The first-order chi connectivity index (χ1) is 9.76. The zero-order chi connectivity index (χ0) is 13.9. The predicted molar refractivity (Wildman–Crippen MR) is 84.1 cm³/mol. The van der Waals surface area contributed by atoms with Crippen molar-refractivity contribution < 1.29 is 0 Å². The molecule has 0 atom stereocenters. The average molecular weight is 350 g/mol. The summed E-state index contributed by atoms with van der Waals surface area (Å²) in [4.78, 5) is 10.1. The molecule has 2 aromatic heterocycles. The van der Waals surface area contributed by atoms with Gasteiger partial charge < -0.3 is 5.32 Å². The number of anilines is 1. The highest BCUT2D eigenvalue weighted by Crippen LogP contribution is 2.32. The lowest BCUT2D eigenvalue weighted by Crippen LogP contribution is -2.02. The number of fused-ring (bicyclic) bond motifs is 1. The van der Waals surface area contributed by atoms with Crippen LogP contribution in [0, 0.1) is 0 Å². The van der Waals surface area contributed by atoms with Gasteiger partial charge in [-0.2, -0.15) is 10.1 Å². The minimum absolute atomic E-state index is 0.615. The van der Waals surface area contributed by atoms with E-state index in [1.807, 2.05) is 19.1 Å². The van der Waals surface area contributed by atoms with Crippen molar-refractivity contribution in [3.8, 4) is 0 Å². The Bertz CT molecular complexity index is 725. The third-order valence-electron chi connectivity index (χ3n) is 2.64. The van der Waals surface area contributed by atoms with Crippen molar-refractivity contribution >= 4 is 44.7 Å². The van der Waals surface area contributed by atoms with Crippen LogP contribution in [0.15, 0.2) is 44.9 Å². The number of rotatable bonds is 4. The van der Waals surface area contributed by atoms with Gasteiger partial charge in [-0.1, -0.05) is 27.7 Å². The van der Waals surface area contributed by atoms with Gasteiger partial charge in [0.1, 0.15) is 5.03 Å². The molecular formula is C13H12BrN5S.